The van der Waals surface area contributed by atoms with Crippen LogP contribution in [0.1, 0.15) is 31.7 Å². The summed E-state index contributed by atoms with van der Waals surface area (Å²) in [6.45, 7) is 3.79. The predicted octanol–water partition coefficient (Wildman–Crippen LogP) is 4.20. The molecule has 2 amide bonds. The highest BCUT2D eigenvalue weighted by atomic mass is 79.9. The van der Waals surface area contributed by atoms with E-state index in [9.17, 15) is 9.59 Å². The maximum atomic E-state index is 13.2. The smallest absolute Gasteiger partial charge is 0.267 e. The Hall–Kier alpha value is -1.22. The lowest BCUT2D eigenvalue weighted by molar-refractivity contribution is -0.122. The lowest BCUT2D eigenvalue weighted by Crippen LogP contribution is -2.31. The fraction of sp³-hybridized carbons (Fsp3) is 0.421. The summed E-state index contributed by atoms with van der Waals surface area (Å²) < 4.78 is 6.43. The number of halogens is 1. The molecule has 0 bridgehead atoms. The number of thioether (sulfide) groups is 1. The van der Waals surface area contributed by atoms with Crippen LogP contribution in [0.4, 0.5) is 5.69 Å². The van der Waals surface area contributed by atoms with Gasteiger partial charge in [0.25, 0.3) is 11.8 Å². The van der Waals surface area contributed by atoms with Crippen LogP contribution in [-0.4, -0.2) is 47.8 Å². The van der Waals surface area contributed by atoms with E-state index in [1.165, 1.54) is 11.8 Å². The molecule has 2 aliphatic heterocycles. The molecule has 1 fully saturated rings. The minimum atomic E-state index is -0.187. The second-order valence-corrected chi connectivity index (χ2v) is 8.91. The molecule has 2 heterocycles. The Morgan fingerprint density at radius 1 is 1.15 bits per heavy atom. The largest absolute Gasteiger partial charge is 0.385 e. The van der Waals surface area contributed by atoms with Crippen LogP contribution in [0.15, 0.2) is 27.6 Å². The van der Waals surface area contributed by atoms with Gasteiger partial charge in [0.15, 0.2) is 0 Å². The average Bonchev–Trinajstić information content (AvgIpc) is 3.06. The van der Waals surface area contributed by atoms with Crippen molar-refractivity contribution >= 4 is 67.3 Å². The van der Waals surface area contributed by atoms with Gasteiger partial charge >= 0.3 is 0 Å². The lowest BCUT2D eigenvalue weighted by Gasteiger charge is -2.16. The molecule has 0 radical (unpaired) electrons. The molecule has 0 unspecified atom stereocenters. The molecule has 0 atom stereocenters. The Morgan fingerprint density at radius 3 is 2.59 bits per heavy atom. The van der Waals surface area contributed by atoms with Crippen LogP contribution < -0.4 is 4.90 Å². The van der Waals surface area contributed by atoms with Crippen molar-refractivity contribution in [2.75, 3.05) is 31.7 Å². The molecule has 3 rings (SSSR count). The Morgan fingerprint density at radius 2 is 1.89 bits per heavy atom. The molecular formula is C19H21BrN2O3S2. The number of hydrogen-bond acceptors (Lipinski definition) is 5. The van der Waals surface area contributed by atoms with Crippen molar-refractivity contribution in [3.05, 3.63) is 33.1 Å². The lowest BCUT2D eigenvalue weighted by atomic mass is 10.1. The van der Waals surface area contributed by atoms with Crippen LogP contribution in [0.25, 0.3) is 5.57 Å². The molecule has 0 aromatic heterocycles. The Balaban J connectivity index is 2.00. The Bertz CT molecular complexity index is 825. The monoisotopic (exact) mass is 468 g/mol. The highest BCUT2D eigenvalue weighted by Gasteiger charge is 2.41. The van der Waals surface area contributed by atoms with E-state index in [0.717, 1.165) is 28.6 Å². The van der Waals surface area contributed by atoms with Crippen LogP contribution in [-0.2, 0) is 14.3 Å². The number of benzene rings is 1. The normalized spacial score (nSPS) is 19.4. The summed E-state index contributed by atoms with van der Waals surface area (Å²) in [6.07, 6.45) is 2.60. The first-order valence-electron chi connectivity index (χ1n) is 8.88. The Kier molecular flexibility index (Phi) is 6.73. The number of hydrogen-bond donors (Lipinski definition) is 0. The molecule has 5 nitrogen and oxygen atoms in total. The number of thiocarbonyl (C=S) groups is 1. The van der Waals surface area contributed by atoms with Crippen LogP contribution in [0, 0.1) is 0 Å². The summed E-state index contributed by atoms with van der Waals surface area (Å²) >= 11 is 10.1. The van der Waals surface area contributed by atoms with Crippen LogP contribution in [0.2, 0.25) is 0 Å². The van der Waals surface area contributed by atoms with Crippen molar-refractivity contribution in [1.82, 2.24) is 4.90 Å². The number of nitrogens with zero attached hydrogens (tertiary/aromatic N) is 2. The van der Waals surface area contributed by atoms with Gasteiger partial charge in [-0.05, 0) is 31.0 Å². The second kappa shape index (κ2) is 8.86. The van der Waals surface area contributed by atoms with E-state index in [2.05, 4.69) is 22.9 Å². The third-order valence-electron chi connectivity index (χ3n) is 4.52. The number of fused-ring (bicyclic) bond motifs is 1. The Labute approximate surface area is 177 Å². The molecule has 1 aromatic carbocycles. The van der Waals surface area contributed by atoms with Gasteiger partial charge in [0, 0.05) is 36.8 Å². The second-order valence-electron chi connectivity index (χ2n) is 6.35. The predicted molar refractivity (Wildman–Crippen MR) is 117 cm³/mol. The topological polar surface area (TPSA) is 49.9 Å². The van der Waals surface area contributed by atoms with E-state index in [1.54, 1.807) is 16.9 Å². The summed E-state index contributed by atoms with van der Waals surface area (Å²) in [5.41, 5.74) is 2.12. The summed E-state index contributed by atoms with van der Waals surface area (Å²) in [7, 11) is 1.63. The minimum absolute atomic E-state index is 0.117. The first-order valence-corrected chi connectivity index (χ1v) is 10.9. The summed E-state index contributed by atoms with van der Waals surface area (Å²) in [6, 6.07) is 5.76. The van der Waals surface area contributed by atoms with Gasteiger partial charge in [-0.25, -0.2) is 0 Å². The van der Waals surface area contributed by atoms with Crippen molar-refractivity contribution in [1.29, 1.82) is 0 Å². The molecule has 0 aliphatic carbocycles. The van der Waals surface area contributed by atoms with Crippen molar-refractivity contribution in [2.45, 2.75) is 26.2 Å². The fourth-order valence-corrected chi connectivity index (χ4v) is 4.91. The number of methoxy groups -OCH3 is 1. The highest BCUT2D eigenvalue weighted by molar-refractivity contribution is 9.10. The molecule has 1 saturated heterocycles. The van der Waals surface area contributed by atoms with E-state index >= 15 is 0 Å². The molecule has 144 valence electrons. The molecule has 2 aliphatic rings. The number of anilines is 1. The minimum Gasteiger partial charge on any atom is -0.385 e. The zero-order valence-electron chi connectivity index (χ0n) is 15.3. The quantitative estimate of drug-likeness (QED) is 0.340. The molecule has 0 spiro atoms. The number of carbonyl (C=O) groups is 2. The highest BCUT2D eigenvalue weighted by Crippen LogP contribution is 2.45. The third kappa shape index (κ3) is 3.99. The molecular weight excluding hydrogens is 448 g/mol. The summed E-state index contributed by atoms with van der Waals surface area (Å²) in [5.74, 6) is -0.304. The van der Waals surface area contributed by atoms with Crippen molar-refractivity contribution in [2.24, 2.45) is 0 Å². The molecule has 8 heteroatoms. The zero-order valence-corrected chi connectivity index (χ0v) is 18.5. The summed E-state index contributed by atoms with van der Waals surface area (Å²) in [4.78, 5) is 30.0. The number of carbonyl (C=O) groups excluding carboxylic acids is 2. The summed E-state index contributed by atoms with van der Waals surface area (Å²) in [5, 5.41) is 0. The van der Waals surface area contributed by atoms with Crippen molar-refractivity contribution in [3.63, 3.8) is 0 Å². The van der Waals surface area contributed by atoms with Crippen molar-refractivity contribution in [3.8, 4) is 0 Å². The number of unbranched alkanes of at least 4 members (excludes halogenated alkanes) is 1. The van der Waals surface area contributed by atoms with Gasteiger partial charge in [-0.3, -0.25) is 14.5 Å². The van der Waals surface area contributed by atoms with E-state index < -0.39 is 0 Å². The van der Waals surface area contributed by atoms with Gasteiger partial charge in [0.05, 0.1) is 16.2 Å². The van der Waals surface area contributed by atoms with Gasteiger partial charge in [-0.1, -0.05) is 53.3 Å². The molecule has 27 heavy (non-hydrogen) atoms. The van der Waals surface area contributed by atoms with E-state index in [0.29, 0.717) is 40.9 Å². The van der Waals surface area contributed by atoms with E-state index in [-0.39, 0.29) is 11.8 Å². The molecule has 1 aromatic rings. The zero-order chi connectivity index (χ0) is 19.6. The first kappa shape index (κ1) is 20.5. The number of rotatable bonds is 7. The van der Waals surface area contributed by atoms with Gasteiger partial charge in [0.1, 0.15) is 4.32 Å². The fourth-order valence-electron chi connectivity index (χ4n) is 3.17. The van der Waals surface area contributed by atoms with Crippen LogP contribution in [0.3, 0.4) is 0 Å². The van der Waals surface area contributed by atoms with Gasteiger partial charge in [-0.15, -0.1) is 0 Å². The maximum absolute atomic E-state index is 13.2. The number of amides is 2. The van der Waals surface area contributed by atoms with Crippen LogP contribution in [0.5, 0.6) is 0 Å². The van der Waals surface area contributed by atoms with Crippen LogP contribution >= 0.6 is 39.9 Å². The van der Waals surface area contributed by atoms with Gasteiger partial charge in [0.2, 0.25) is 0 Å². The first-order chi connectivity index (χ1) is 13.0. The SMILES string of the molecule is CCCCN1C(=O)/C(=C2\SC(=S)N(CCCOC)C2=O)c2cc(Br)ccc21. The van der Waals surface area contributed by atoms with Crippen molar-refractivity contribution < 1.29 is 14.3 Å². The van der Waals surface area contributed by atoms with E-state index in [4.69, 9.17) is 17.0 Å². The molecule has 0 N–H and O–H groups in total. The number of ether oxygens (including phenoxy) is 1. The van der Waals surface area contributed by atoms with E-state index in [1.807, 2.05) is 18.2 Å². The third-order valence-corrected chi connectivity index (χ3v) is 6.46. The standard InChI is InChI=1S/C19H21BrN2O3S2/c1-3-4-8-21-14-7-6-12(20)11-13(14)15(17(21)23)16-18(24)22(19(26)27-16)9-5-10-25-2/h6-7,11H,3-5,8-10H2,1-2H3/b16-15-. The van der Waals surface area contributed by atoms with Gasteiger partial charge < -0.3 is 9.64 Å². The molecule has 0 saturated carbocycles. The average molecular weight is 469 g/mol. The van der Waals surface area contributed by atoms with Gasteiger partial charge in [-0.2, -0.15) is 0 Å². The maximum Gasteiger partial charge on any atom is 0.267 e.